The summed E-state index contributed by atoms with van der Waals surface area (Å²) in [6, 6.07) is 18.9. The Morgan fingerprint density at radius 3 is 2.76 bits per heavy atom. The van der Waals surface area contributed by atoms with E-state index in [9.17, 15) is 4.79 Å². The lowest BCUT2D eigenvalue weighted by atomic mass is 9.97. The molecule has 0 aliphatic carbocycles. The van der Waals surface area contributed by atoms with Crippen LogP contribution in [0.2, 0.25) is 0 Å². The minimum Gasteiger partial charge on any atom is -0.357 e. The Morgan fingerprint density at radius 2 is 1.92 bits per heavy atom. The molecule has 1 saturated heterocycles. The average Bonchev–Trinajstić information content (AvgIpc) is 3.07. The van der Waals surface area contributed by atoms with E-state index in [0.29, 0.717) is 6.42 Å². The number of nitrogens with one attached hydrogen (secondary N) is 1. The van der Waals surface area contributed by atoms with Crippen LogP contribution in [0.25, 0.3) is 10.9 Å². The number of carbonyl (C=O) groups excluding carboxylic acids is 1. The highest BCUT2D eigenvalue weighted by Gasteiger charge is 2.29. The number of rotatable bonds is 3. The van der Waals surface area contributed by atoms with Gasteiger partial charge in [0.25, 0.3) is 0 Å². The van der Waals surface area contributed by atoms with E-state index in [1.807, 2.05) is 18.2 Å². The molecule has 1 aliphatic rings. The number of nitrogens with zero attached hydrogens (tertiary/aromatic N) is 1. The maximum absolute atomic E-state index is 13.0. The molecule has 1 aliphatic heterocycles. The van der Waals surface area contributed by atoms with Crippen molar-refractivity contribution in [2.75, 3.05) is 6.54 Å². The number of hydrogen-bond donors (Lipinski definition) is 1. The second-order valence-corrected chi connectivity index (χ2v) is 7.01. The molecule has 3 nitrogen and oxygen atoms in total. The van der Waals surface area contributed by atoms with Crippen LogP contribution < -0.4 is 0 Å². The quantitative estimate of drug-likeness (QED) is 0.736. The van der Waals surface area contributed by atoms with E-state index in [-0.39, 0.29) is 11.9 Å². The standard InChI is InChI=1S/C22H24N2O/c1-16-8-2-3-9-17(16)15-22(25)24-13-7-6-12-21(24)20-14-18-10-4-5-11-19(18)23-20/h2-5,8-11,14,21,23H,6-7,12-13,15H2,1H3. The van der Waals surface area contributed by atoms with Crippen LogP contribution in [0.4, 0.5) is 0 Å². The normalized spacial score (nSPS) is 17.8. The van der Waals surface area contributed by atoms with Gasteiger partial charge in [-0.2, -0.15) is 0 Å². The van der Waals surface area contributed by atoms with Gasteiger partial charge in [-0.05, 0) is 54.8 Å². The van der Waals surface area contributed by atoms with Gasteiger partial charge in [0.05, 0.1) is 12.5 Å². The zero-order valence-corrected chi connectivity index (χ0v) is 14.7. The van der Waals surface area contributed by atoms with Crippen LogP contribution in [0.5, 0.6) is 0 Å². The summed E-state index contributed by atoms with van der Waals surface area (Å²) in [5, 5.41) is 1.22. The highest BCUT2D eigenvalue weighted by atomic mass is 16.2. The summed E-state index contributed by atoms with van der Waals surface area (Å²) in [5.41, 5.74) is 4.64. The molecule has 3 aromatic rings. The van der Waals surface area contributed by atoms with E-state index in [1.165, 1.54) is 23.1 Å². The number of H-pyrrole nitrogens is 1. The largest absolute Gasteiger partial charge is 0.357 e. The minimum absolute atomic E-state index is 0.165. The topological polar surface area (TPSA) is 36.1 Å². The van der Waals surface area contributed by atoms with Crippen LogP contribution in [0.15, 0.2) is 54.6 Å². The van der Waals surface area contributed by atoms with Gasteiger partial charge in [-0.15, -0.1) is 0 Å². The van der Waals surface area contributed by atoms with Crippen molar-refractivity contribution in [1.29, 1.82) is 0 Å². The third-order valence-electron chi connectivity index (χ3n) is 5.34. The fraction of sp³-hybridized carbons (Fsp3) is 0.318. The first kappa shape index (κ1) is 15.9. The molecular weight excluding hydrogens is 308 g/mol. The average molecular weight is 332 g/mol. The lowest BCUT2D eigenvalue weighted by Gasteiger charge is -2.35. The zero-order chi connectivity index (χ0) is 17.2. The Hall–Kier alpha value is -2.55. The lowest BCUT2D eigenvalue weighted by molar-refractivity contribution is -0.134. The molecule has 1 aromatic heterocycles. The molecule has 1 fully saturated rings. The van der Waals surface area contributed by atoms with E-state index in [0.717, 1.165) is 30.5 Å². The summed E-state index contributed by atoms with van der Waals surface area (Å²) < 4.78 is 0. The maximum atomic E-state index is 13.0. The molecule has 0 spiro atoms. The van der Waals surface area contributed by atoms with Gasteiger partial charge in [0.1, 0.15) is 0 Å². The van der Waals surface area contributed by atoms with Gasteiger partial charge in [-0.3, -0.25) is 4.79 Å². The summed E-state index contributed by atoms with van der Waals surface area (Å²) in [5.74, 6) is 0.234. The molecule has 4 rings (SSSR count). The first-order valence-corrected chi connectivity index (χ1v) is 9.14. The van der Waals surface area contributed by atoms with Gasteiger partial charge in [0.2, 0.25) is 5.91 Å². The van der Waals surface area contributed by atoms with Crippen molar-refractivity contribution >= 4 is 16.8 Å². The molecule has 1 N–H and O–H groups in total. The fourth-order valence-electron chi connectivity index (χ4n) is 3.90. The number of benzene rings is 2. The number of fused-ring (bicyclic) bond motifs is 1. The van der Waals surface area contributed by atoms with Crippen molar-refractivity contribution < 1.29 is 4.79 Å². The van der Waals surface area contributed by atoms with Crippen molar-refractivity contribution in [2.45, 2.75) is 38.6 Å². The van der Waals surface area contributed by atoms with Crippen LogP contribution in [0, 0.1) is 6.92 Å². The Morgan fingerprint density at radius 1 is 1.12 bits per heavy atom. The second kappa shape index (κ2) is 6.75. The fourth-order valence-corrected chi connectivity index (χ4v) is 3.90. The molecule has 25 heavy (non-hydrogen) atoms. The molecule has 0 saturated carbocycles. The number of amides is 1. The number of piperidine rings is 1. The molecule has 1 atom stereocenters. The van der Waals surface area contributed by atoms with E-state index < -0.39 is 0 Å². The van der Waals surface area contributed by atoms with E-state index >= 15 is 0 Å². The Labute approximate surface area is 148 Å². The molecule has 128 valence electrons. The number of aromatic nitrogens is 1. The van der Waals surface area contributed by atoms with Crippen LogP contribution in [0.1, 0.15) is 42.1 Å². The molecule has 2 heterocycles. The molecule has 3 heteroatoms. The Balaban J connectivity index is 1.60. The Bertz CT molecular complexity index is 863. The van der Waals surface area contributed by atoms with Crippen molar-refractivity contribution in [2.24, 2.45) is 0 Å². The smallest absolute Gasteiger partial charge is 0.227 e. The highest BCUT2D eigenvalue weighted by Crippen LogP contribution is 2.32. The van der Waals surface area contributed by atoms with Gasteiger partial charge in [-0.1, -0.05) is 42.5 Å². The number of carbonyl (C=O) groups is 1. The van der Waals surface area contributed by atoms with Crippen molar-refractivity contribution in [3.8, 4) is 0 Å². The molecule has 1 amide bonds. The van der Waals surface area contributed by atoms with Gasteiger partial charge in [-0.25, -0.2) is 0 Å². The third kappa shape index (κ3) is 3.19. The van der Waals surface area contributed by atoms with Crippen LogP contribution in [-0.4, -0.2) is 22.3 Å². The van der Waals surface area contributed by atoms with Gasteiger partial charge >= 0.3 is 0 Å². The van der Waals surface area contributed by atoms with E-state index in [2.05, 4.69) is 53.2 Å². The predicted molar refractivity (Wildman–Crippen MR) is 101 cm³/mol. The number of para-hydroxylation sites is 1. The Kier molecular flexibility index (Phi) is 4.31. The summed E-state index contributed by atoms with van der Waals surface area (Å²) in [7, 11) is 0. The predicted octanol–water partition coefficient (Wildman–Crippen LogP) is 4.77. The van der Waals surface area contributed by atoms with Crippen LogP contribution in [0.3, 0.4) is 0 Å². The first-order valence-electron chi connectivity index (χ1n) is 9.14. The number of likely N-dealkylation sites (tertiary alicyclic amines) is 1. The van der Waals surface area contributed by atoms with Crippen LogP contribution in [-0.2, 0) is 11.2 Å². The van der Waals surface area contributed by atoms with Crippen molar-refractivity contribution in [3.05, 3.63) is 71.4 Å². The van der Waals surface area contributed by atoms with E-state index in [4.69, 9.17) is 0 Å². The SMILES string of the molecule is Cc1ccccc1CC(=O)N1CCCCC1c1cc2ccccc2[nH]1. The van der Waals surface area contributed by atoms with Crippen LogP contribution >= 0.6 is 0 Å². The number of hydrogen-bond acceptors (Lipinski definition) is 1. The minimum atomic E-state index is 0.165. The molecule has 0 radical (unpaired) electrons. The monoisotopic (exact) mass is 332 g/mol. The van der Waals surface area contributed by atoms with Crippen molar-refractivity contribution in [3.63, 3.8) is 0 Å². The third-order valence-corrected chi connectivity index (χ3v) is 5.34. The summed E-state index contributed by atoms with van der Waals surface area (Å²) in [6.45, 7) is 2.93. The van der Waals surface area contributed by atoms with Gasteiger partial charge < -0.3 is 9.88 Å². The lowest BCUT2D eigenvalue weighted by Crippen LogP contribution is -2.39. The van der Waals surface area contributed by atoms with Gasteiger partial charge in [0, 0.05) is 17.8 Å². The highest BCUT2D eigenvalue weighted by molar-refractivity contribution is 5.82. The van der Waals surface area contributed by atoms with Gasteiger partial charge in [0.15, 0.2) is 0 Å². The zero-order valence-electron chi connectivity index (χ0n) is 14.7. The summed E-state index contributed by atoms with van der Waals surface area (Å²) in [6.07, 6.45) is 3.79. The first-order chi connectivity index (χ1) is 12.2. The summed E-state index contributed by atoms with van der Waals surface area (Å²) >= 11 is 0. The van der Waals surface area contributed by atoms with E-state index in [1.54, 1.807) is 0 Å². The molecule has 0 bridgehead atoms. The number of aryl methyl sites for hydroxylation is 1. The molecule has 2 aromatic carbocycles. The molecule has 1 unspecified atom stereocenters. The molecular formula is C22H24N2O. The maximum Gasteiger partial charge on any atom is 0.227 e. The summed E-state index contributed by atoms with van der Waals surface area (Å²) in [4.78, 5) is 18.6. The second-order valence-electron chi connectivity index (χ2n) is 7.01. The number of aromatic amines is 1. The van der Waals surface area contributed by atoms with Crippen molar-refractivity contribution in [1.82, 2.24) is 9.88 Å².